The first-order valence-corrected chi connectivity index (χ1v) is 13.8. The van der Waals surface area contributed by atoms with Crippen LogP contribution in [0.3, 0.4) is 0 Å². The van der Waals surface area contributed by atoms with Crippen molar-refractivity contribution < 1.29 is 14.3 Å². The average Bonchev–Trinajstić information content (AvgIpc) is 2.74. The van der Waals surface area contributed by atoms with Crippen LogP contribution in [0, 0.1) is 56.7 Å². The lowest BCUT2D eigenvalue weighted by Gasteiger charge is -2.71. The van der Waals surface area contributed by atoms with E-state index in [2.05, 4.69) is 54.5 Å². The van der Waals surface area contributed by atoms with Gasteiger partial charge in [0.05, 0.1) is 5.41 Å². The number of fused-ring (bicyclic) bond motifs is 7. The van der Waals surface area contributed by atoms with Crippen molar-refractivity contribution in [1.82, 2.24) is 0 Å². The van der Waals surface area contributed by atoms with Gasteiger partial charge in [-0.2, -0.15) is 0 Å². The summed E-state index contributed by atoms with van der Waals surface area (Å²) in [5.74, 6) is 1.58. The average molecular weight is 459 g/mol. The third-order valence-corrected chi connectivity index (χ3v) is 13.3. The SMILES string of the molecule is CC1CCC2(C(=O)O)CCC3(C)C(=CCC4C5(C)CCC(F)C(C)(C)C5CCC43C)C2C1C. The van der Waals surface area contributed by atoms with Crippen LogP contribution in [-0.2, 0) is 4.79 Å². The Kier molecular flexibility index (Phi) is 5.13. The number of carboxylic acid groups (broad SMARTS) is 1. The molecule has 0 amide bonds. The fourth-order valence-corrected chi connectivity index (χ4v) is 10.8. The van der Waals surface area contributed by atoms with Crippen LogP contribution in [0.25, 0.3) is 0 Å². The smallest absolute Gasteiger partial charge is 0.310 e. The van der Waals surface area contributed by atoms with Crippen molar-refractivity contribution in [2.24, 2.45) is 56.7 Å². The topological polar surface area (TPSA) is 37.3 Å². The van der Waals surface area contributed by atoms with Gasteiger partial charge in [0.25, 0.3) is 0 Å². The quantitative estimate of drug-likeness (QED) is 0.403. The molecule has 4 saturated carbocycles. The Labute approximate surface area is 201 Å². The molecule has 0 bridgehead atoms. The number of halogens is 1. The normalized spacial score (nSPS) is 55.3. The molecule has 0 spiro atoms. The van der Waals surface area contributed by atoms with Crippen molar-refractivity contribution in [1.29, 1.82) is 0 Å². The van der Waals surface area contributed by atoms with E-state index in [-0.39, 0.29) is 27.6 Å². The summed E-state index contributed by atoms with van der Waals surface area (Å²) in [4.78, 5) is 12.8. The highest BCUT2D eigenvalue weighted by Crippen LogP contribution is 2.75. The molecule has 5 aliphatic carbocycles. The molecule has 5 aliphatic rings. The van der Waals surface area contributed by atoms with Gasteiger partial charge in [-0.15, -0.1) is 0 Å². The molecule has 10 atom stereocenters. The summed E-state index contributed by atoms with van der Waals surface area (Å²) in [6, 6.07) is 0. The number of carbonyl (C=O) groups is 1. The molecule has 0 aromatic heterocycles. The monoisotopic (exact) mass is 458 g/mol. The number of allylic oxidation sites excluding steroid dienone is 2. The summed E-state index contributed by atoms with van der Waals surface area (Å²) in [5.41, 5.74) is 1.04. The van der Waals surface area contributed by atoms with Gasteiger partial charge in [0.15, 0.2) is 0 Å². The van der Waals surface area contributed by atoms with Crippen molar-refractivity contribution in [2.75, 3.05) is 0 Å². The van der Waals surface area contributed by atoms with Crippen LogP contribution in [-0.4, -0.2) is 17.2 Å². The molecule has 0 aromatic rings. The predicted octanol–water partition coefficient (Wildman–Crippen LogP) is 8.07. The van der Waals surface area contributed by atoms with Crippen LogP contribution in [0.5, 0.6) is 0 Å². The van der Waals surface area contributed by atoms with E-state index in [0.717, 1.165) is 51.4 Å². The molecule has 0 radical (unpaired) electrons. The number of hydrogen-bond acceptors (Lipinski definition) is 1. The summed E-state index contributed by atoms with van der Waals surface area (Å²) >= 11 is 0. The van der Waals surface area contributed by atoms with Gasteiger partial charge < -0.3 is 5.11 Å². The summed E-state index contributed by atoms with van der Waals surface area (Å²) in [6.45, 7) is 16.6. The van der Waals surface area contributed by atoms with Crippen molar-refractivity contribution in [2.45, 2.75) is 112 Å². The maximum atomic E-state index is 15.1. The Morgan fingerprint density at radius 2 is 1.64 bits per heavy atom. The molecular weight excluding hydrogens is 411 g/mol. The highest BCUT2D eigenvalue weighted by atomic mass is 19.1. The third kappa shape index (κ3) is 2.75. The molecule has 0 heterocycles. The van der Waals surface area contributed by atoms with Crippen molar-refractivity contribution >= 4 is 5.97 Å². The fourth-order valence-electron chi connectivity index (χ4n) is 10.8. The summed E-state index contributed by atoms with van der Waals surface area (Å²) in [6.07, 6.45) is 10.5. The molecule has 4 fully saturated rings. The van der Waals surface area contributed by atoms with Gasteiger partial charge in [-0.3, -0.25) is 4.79 Å². The second kappa shape index (κ2) is 7.10. The zero-order chi connectivity index (χ0) is 24.2. The Morgan fingerprint density at radius 3 is 2.30 bits per heavy atom. The molecule has 1 N–H and O–H groups in total. The van der Waals surface area contributed by atoms with Gasteiger partial charge in [0.1, 0.15) is 6.17 Å². The molecule has 5 rings (SSSR count). The molecule has 0 saturated heterocycles. The second-order valence-corrected chi connectivity index (χ2v) is 14.4. The Balaban J connectivity index is 1.61. The van der Waals surface area contributed by atoms with Gasteiger partial charge in [-0.1, -0.05) is 60.1 Å². The molecule has 2 nitrogen and oxygen atoms in total. The first-order chi connectivity index (χ1) is 15.3. The molecule has 33 heavy (non-hydrogen) atoms. The minimum atomic E-state index is -0.694. The summed E-state index contributed by atoms with van der Waals surface area (Å²) in [7, 11) is 0. The first kappa shape index (κ1) is 23.9. The molecule has 10 unspecified atom stereocenters. The number of carboxylic acids is 1. The van der Waals surface area contributed by atoms with Crippen molar-refractivity contribution in [3.05, 3.63) is 11.6 Å². The second-order valence-electron chi connectivity index (χ2n) is 14.4. The summed E-state index contributed by atoms with van der Waals surface area (Å²) < 4.78 is 15.1. The van der Waals surface area contributed by atoms with Crippen LogP contribution in [0.1, 0.15) is 106 Å². The lowest BCUT2D eigenvalue weighted by atomic mass is 9.33. The van der Waals surface area contributed by atoms with Gasteiger partial charge in [-0.05, 0) is 109 Å². The fraction of sp³-hybridized carbons (Fsp3) is 0.900. The first-order valence-electron chi connectivity index (χ1n) is 13.8. The van der Waals surface area contributed by atoms with Crippen LogP contribution in [0.4, 0.5) is 4.39 Å². The largest absolute Gasteiger partial charge is 0.481 e. The van der Waals surface area contributed by atoms with E-state index in [1.165, 1.54) is 5.57 Å². The van der Waals surface area contributed by atoms with Gasteiger partial charge >= 0.3 is 5.97 Å². The van der Waals surface area contributed by atoms with E-state index in [1.54, 1.807) is 0 Å². The van der Waals surface area contributed by atoms with E-state index < -0.39 is 17.6 Å². The van der Waals surface area contributed by atoms with E-state index >= 15 is 4.39 Å². The minimum absolute atomic E-state index is 0.0511. The molecule has 0 aromatic carbocycles. The van der Waals surface area contributed by atoms with E-state index in [4.69, 9.17) is 0 Å². The van der Waals surface area contributed by atoms with E-state index in [0.29, 0.717) is 30.1 Å². The minimum Gasteiger partial charge on any atom is -0.481 e. The van der Waals surface area contributed by atoms with Crippen LogP contribution < -0.4 is 0 Å². The molecule has 3 heteroatoms. The molecule has 0 aliphatic heterocycles. The molecule has 186 valence electrons. The van der Waals surface area contributed by atoms with Crippen LogP contribution in [0.15, 0.2) is 11.6 Å². The Bertz CT molecular complexity index is 877. The zero-order valence-electron chi connectivity index (χ0n) is 22.1. The van der Waals surface area contributed by atoms with Gasteiger partial charge in [0.2, 0.25) is 0 Å². The van der Waals surface area contributed by atoms with Crippen molar-refractivity contribution in [3.8, 4) is 0 Å². The summed E-state index contributed by atoms with van der Waals surface area (Å²) in [5, 5.41) is 10.5. The Hall–Kier alpha value is -0.860. The van der Waals surface area contributed by atoms with E-state index in [1.807, 2.05) is 0 Å². The van der Waals surface area contributed by atoms with Gasteiger partial charge in [-0.25, -0.2) is 4.39 Å². The highest BCUT2D eigenvalue weighted by molar-refractivity contribution is 5.76. The van der Waals surface area contributed by atoms with Crippen molar-refractivity contribution in [3.63, 3.8) is 0 Å². The van der Waals surface area contributed by atoms with Gasteiger partial charge in [0, 0.05) is 0 Å². The maximum absolute atomic E-state index is 15.1. The predicted molar refractivity (Wildman–Crippen MR) is 132 cm³/mol. The number of hydrogen-bond donors (Lipinski definition) is 1. The highest BCUT2D eigenvalue weighted by Gasteiger charge is 2.69. The number of alkyl halides is 1. The van der Waals surface area contributed by atoms with E-state index in [9.17, 15) is 9.90 Å². The third-order valence-electron chi connectivity index (χ3n) is 13.3. The Morgan fingerprint density at radius 1 is 0.939 bits per heavy atom. The zero-order valence-corrected chi connectivity index (χ0v) is 22.1. The molecular formula is C30H47FO2. The number of rotatable bonds is 1. The lowest BCUT2D eigenvalue weighted by Crippen LogP contribution is -2.65. The van der Waals surface area contributed by atoms with Crippen LogP contribution >= 0.6 is 0 Å². The maximum Gasteiger partial charge on any atom is 0.310 e. The lowest BCUT2D eigenvalue weighted by molar-refractivity contribution is -0.199. The number of aliphatic carboxylic acids is 1. The van der Waals surface area contributed by atoms with Crippen LogP contribution in [0.2, 0.25) is 0 Å². The standard InChI is InChI=1S/C30H47FO2/c1-18-10-15-30(25(32)33)17-16-28(6)20(24(30)19(18)2)8-9-22-27(5)13-12-23(31)26(3,4)21(27)11-14-29(22,28)7/h8,18-19,21-24H,9-17H2,1-7H3,(H,32,33).